The Hall–Kier alpha value is -2.01. The number of amides is 1. The second kappa shape index (κ2) is 6.71. The Morgan fingerprint density at radius 1 is 1.28 bits per heavy atom. The Kier molecular flexibility index (Phi) is 4.42. The number of nitrogens with zero attached hydrogens (tertiary/aromatic N) is 1. The highest BCUT2D eigenvalue weighted by atomic mass is 32.1. The van der Waals surface area contributed by atoms with Crippen LogP contribution in [0.3, 0.4) is 0 Å². The first kappa shape index (κ1) is 16.5. The molecule has 0 bridgehead atoms. The standard InChI is InChI=1S/C20H23NO3S/c1-13-10-21(11-14-7-8-16(23-2)9-18(14)24-13)20(22)19-17-6-4-3-5-15(17)12-25-19/h7-9,12-13H,3-6,10-11H2,1-2H3. The van der Waals surface area contributed by atoms with Crippen LogP contribution in [0.1, 0.15) is 46.1 Å². The van der Waals surface area contributed by atoms with Gasteiger partial charge in [0.1, 0.15) is 17.6 Å². The van der Waals surface area contributed by atoms with Gasteiger partial charge in [0, 0.05) is 18.2 Å². The number of methoxy groups -OCH3 is 1. The fourth-order valence-corrected chi connectivity index (χ4v) is 4.86. The number of carbonyl (C=O) groups is 1. The average Bonchev–Trinajstić information content (AvgIpc) is 2.97. The van der Waals surface area contributed by atoms with Gasteiger partial charge < -0.3 is 14.4 Å². The predicted molar refractivity (Wildman–Crippen MR) is 98.8 cm³/mol. The van der Waals surface area contributed by atoms with E-state index in [0.717, 1.165) is 34.8 Å². The van der Waals surface area contributed by atoms with Crippen molar-refractivity contribution >= 4 is 17.2 Å². The predicted octanol–water partition coefficient (Wildman–Crippen LogP) is 4.06. The van der Waals surface area contributed by atoms with Crippen LogP contribution in [-0.4, -0.2) is 30.6 Å². The van der Waals surface area contributed by atoms with E-state index >= 15 is 0 Å². The number of hydrogen-bond acceptors (Lipinski definition) is 4. The molecule has 1 aromatic carbocycles. The Morgan fingerprint density at radius 3 is 2.96 bits per heavy atom. The molecule has 5 heteroatoms. The van der Waals surface area contributed by atoms with Crippen LogP contribution in [0.25, 0.3) is 0 Å². The first-order chi connectivity index (χ1) is 12.2. The largest absolute Gasteiger partial charge is 0.497 e. The summed E-state index contributed by atoms with van der Waals surface area (Å²) in [6.07, 6.45) is 4.52. The molecule has 1 atom stereocenters. The van der Waals surface area contributed by atoms with E-state index in [9.17, 15) is 4.79 Å². The Bertz CT molecular complexity index is 798. The van der Waals surface area contributed by atoms with Gasteiger partial charge in [0.2, 0.25) is 0 Å². The lowest BCUT2D eigenvalue weighted by Gasteiger charge is -2.23. The molecule has 25 heavy (non-hydrogen) atoms. The van der Waals surface area contributed by atoms with Crippen LogP contribution in [0.4, 0.5) is 0 Å². The van der Waals surface area contributed by atoms with Gasteiger partial charge in [-0.1, -0.05) is 0 Å². The second-order valence-corrected chi connectivity index (χ2v) is 7.74. The number of benzene rings is 1. The van der Waals surface area contributed by atoms with Crippen LogP contribution in [-0.2, 0) is 19.4 Å². The Morgan fingerprint density at radius 2 is 2.12 bits per heavy atom. The number of thiophene rings is 1. The molecule has 4 rings (SSSR count). The summed E-state index contributed by atoms with van der Waals surface area (Å²) in [4.78, 5) is 16.1. The van der Waals surface area contributed by atoms with E-state index in [4.69, 9.17) is 9.47 Å². The zero-order valence-electron chi connectivity index (χ0n) is 14.7. The second-order valence-electron chi connectivity index (χ2n) is 6.86. The van der Waals surface area contributed by atoms with Crippen LogP contribution < -0.4 is 9.47 Å². The summed E-state index contributed by atoms with van der Waals surface area (Å²) in [5, 5.41) is 2.18. The van der Waals surface area contributed by atoms with Crippen molar-refractivity contribution in [2.75, 3.05) is 13.7 Å². The SMILES string of the molecule is COc1ccc2c(c1)OC(C)CN(C(=O)c1scc3c1CCCC3)C2. The highest BCUT2D eigenvalue weighted by Crippen LogP contribution is 2.33. The van der Waals surface area contributed by atoms with Crippen molar-refractivity contribution in [2.24, 2.45) is 0 Å². The summed E-state index contributed by atoms with van der Waals surface area (Å²) < 4.78 is 11.3. The molecule has 0 spiro atoms. The van der Waals surface area contributed by atoms with E-state index in [2.05, 4.69) is 5.38 Å². The third-order valence-electron chi connectivity index (χ3n) is 5.03. The molecule has 1 unspecified atom stereocenters. The highest BCUT2D eigenvalue weighted by Gasteiger charge is 2.28. The molecule has 1 aromatic heterocycles. The topological polar surface area (TPSA) is 38.8 Å². The van der Waals surface area contributed by atoms with E-state index < -0.39 is 0 Å². The van der Waals surface area contributed by atoms with Gasteiger partial charge in [0.05, 0.1) is 18.5 Å². The van der Waals surface area contributed by atoms with E-state index in [-0.39, 0.29) is 12.0 Å². The molecule has 132 valence electrons. The fraction of sp³-hybridized carbons (Fsp3) is 0.450. The quantitative estimate of drug-likeness (QED) is 0.814. The van der Waals surface area contributed by atoms with E-state index in [1.165, 1.54) is 24.0 Å². The summed E-state index contributed by atoms with van der Waals surface area (Å²) in [6, 6.07) is 5.83. The molecule has 2 heterocycles. The molecule has 1 amide bonds. The van der Waals surface area contributed by atoms with Crippen LogP contribution in [0.5, 0.6) is 11.5 Å². The zero-order valence-corrected chi connectivity index (χ0v) is 15.5. The molecular formula is C20H23NO3S. The van der Waals surface area contributed by atoms with E-state index in [1.54, 1.807) is 18.4 Å². The first-order valence-corrected chi connectivity index (χ1v) is 9.75. The lowest BCUT2D eigenvalue weighted by molar-refractivity contribution is 0.0694. The minimum absolute atomic E-state index is 0.0481. The molecular weight excluding hydrogens is 334 g/mol. The van der Waals surface area contributed by atoms with Crippen molar-refractivity contribution < 1.29 is 14.3 Å². The summed E-state index contributed by atoms with van der Waals surface area (Å²) in [5.41, 5.74) is 3.70. The normalized spacial score (nSPS) is 19.4. The third-order valence-corrected chi connectivity index (χ3v) is 6.09. The van der Waals surface area contributed by atoms with Crippen LogP contribution in [0.15, 0.2) is 23.6 Å². The molecule has 1 aliphatic heterocycles. The monoisotopic (exact) mass is 357 g/mol. The molecule has 0 saturated heterocycles. The van der Waals surface area contributed by atoms with Crippen LogP contribution in [0, 0.1) is 0 Å². The Labute approximate surface area is 152 Å². The average molecular weight is 357 g/mol. The van der Waals surface area contributed by atoms with Gasteiger partial charge in [-0.3, -0.25) is 4.79 Å². The van der Waals surface area contributed by atoms with Gasteiger partial charge >= 0.3 is 0 Å². The Balaban J connectivity index is 1.63. The molecule has 0 saturated carbocycles. The number of hydrogen-bond donors (Lipinski definition) is 0. The number of fused-ring (bicyclic) bond motifs is 2. The summed E-state index contributed by atoms with van der Waals surface area (Å²) in [6.45, 7) is 3.19. The van der Waals surface area contributed by atoms with Gasteiger partial charge in [0.25, 0.3) is 5.91 Å². The zero-order chi connectivity index (χ0) is 17.4. The van der Waals surface area contributed by atoms with Gasteiger partial charge in [-0.25, -0.2) is 0 Å². The molecule has 1 aliphatic carbocycles. The fourth-order valence-electron chi connectivity index (χ4n) is 3.73. The number of rotatable bonds is 2. The molecule has 0 N–H and O–H groups in total. The maximum atomic E-state index is 13.2. The van der Waals surface area contributed by atoms with Gasteiger partial charge in [-0.15, -0.1) is 11.3 Å². The summed E-state index contributed by atoms with van der Waals surface area (Å²) >= 11 is 1.61. The van der Waals surface area contributed by atoms with Crippen molar-refractivity contribution in [1.29, 1.82) is 0 Å². The number of carbonyl (C=O) groups excluding carboxylic acids is 1. The van der Waals surface area contributed by atoms with Crippen LogP contribution in [0.2, 0.25) is 0 Å². The lowest BCUT2D eigenvalue weighted by Crippen LogP contribution is -2.36. The van der Waals surface area contributed by atoms with Gasteiger partial charge in [-0.2, -0.15) is 0 Å². The maximum absolute atomic E-state index is 13.2. The van der Waals surface area contributed by atoms with E-state index in [1.807, 2.05) is 30.0 Å². The summed E-state index contributed by atoms with van der Waals surface area (Å²) in [7, 11) is 1.65. The number of aryl methyl sites for hydroxylation is 1. The van der Waals surface area contributed by atoms with Crippen molar-refractivity contribution in [1.82, 2.24) is 4.90 Å². The van der Waals surface area contributed by atoms with Crippen LogP contribution >= 0.6 is 11.3 Å². The highest BCUT2D eigenvalue weighted by molar-refractivity contribution is 7.12. The minimum Gasteiger partial charge on any atom is -0.497 e. The number of ether oxygens (including phenoxy) is 2. The smallest absolute Gasteiger partial charge is 0.264 e. The first-order valence-electron chi connectivity index (χ1n) is 8.88. The maximum Gasteiger partial charge on any atom is 0.264 e. The van der Waals surface area contributed by atoms with Crippen molar-refractivity contribution in [3.05, 3.63) is 45.1 Å². The molecule has 0 fully saturated rings. The third kappa shape index (κ3) is 3.13. The molecule has 4 nitrogen and oxygen atoms in total. The van der Waals surface area contributed by atoms with Gasteiger partial charge in [-0.05, 0) is 61.2 Å². The van der Waals surface area contributed by atoms with Gasteiger partial charge in [0.15, 0.2) is 0 Å². The minimum atomic E-state index is -0.0481. The van der Waals surface area contributed by atoms with Crippen molar-refractivity contribution in [3.63, 3.8) is 0 Å². The summed E-state index contributed by atoms with van der Waals surface area (Å²) in [5.74, 6) is 1.74. The molecule has 0 radical (unpaired) electrons. The van der Waals surface area contributed by atoms with Crippen molar-refractivity contribution in [3.8, 4) is 11.5 Å². The van der Waals surface area contributed by atoms with Crippen molar-refractivity contribution in [2.45, 2.75) is 45.3 Å². The van der Waals surface area contributed by atoms with E-state index in [0.29, 0.717) is 13.1 Å². The lowest BCUT2D eigenvalue weighted by atomic mass is 9.93. The molecule has 2 aromatic rings. The molecule has 2 aliphatic rings.